The number of hydrogen-bond donors (Lipinski definition) is 3. The summed E-state index contributed by atoms with van der Waals surface area (Å²) in [7, 11) is -3.52. The van der Waals surface area contributed by atoms with Crippen LogP contribution in [0.15, 0.2) is 53.6 Å². The van der Waals surface area contributed by atoms with E-state index in [0.717, 1.165) is 36.0 Å². The molecule has 9 heteroatoms. The van der Waals surface area contributed by atoms with Gasteiger partial charge in [-0.15, -0.1) is 0 Å². The summed E-state index contributed by atoms with van der Waals surface area (Å²) in [4.78, 5) is 21.2. The Morgan fingerprint density at radius 2 is 1.84 bits per heavy atom. The van der Waals surface area contributed by atoms with Crippen molar-refractivity contribution in [1.82, 2.24) is 20.0 Å². The first kappa shape index (κ1) is 20.6. The van der Waals surface area contributed by atoms with Gasteiger partial charge in [0.25, 0.3) is 5.91 Å². The molecule has 0 spiro atoms. The third kappa shape index (κ3) is 4.09. The van der Waals surface area contributed by atoms with E-state index in [2.05, 4.69) is 20.0 Å². The van der Waals surface area contributed by atoms with Crippen LogP contribution in [0.5, 0.6) is 0 Å². The summed E-state index contributed by atoms with van der Waals surface area (Å²) in [6.45, 7) is 1.08. The molecule has 5 rings (SSSR count). The van der Waals surface area contributed by atoms with E-state index in [4.69, 9.17) is 5.73 Å². The van der Waals surface area contributed by atoms with E-state index in [-0.39, 0.29) is 16.6 Å². The van der Waals surface area contributed by atoms with Crippen LogP contribution in [0.25, 0.3) is 22.5 Å². The number of benzene rings is 2. The van der Waals surface area contributed by atoms with Crippen molar-refractivity contribution in [2.75, 3.05) is 18.8 Å². The van der Waals surface area contributed by atoms with Gasteiger partial charge in [-0.05, 0) is 55.0 Å². The first-order valence-corrected chi connectivity index (χ1v) is 12.0. The molecule has 1 fully saturated rings. The first-order valence-electron chi connectivity index (χ1n) is 10.5. The van der Waals surface area contributed by atoms with Crippen LogP contribution in [-0.2, 0) is 16.4 Å². The number of fused-ring (bicyclic) bond motifs is 1. The predicted molar refractivity (Wildman–Crippen MR) is 121 cm³/mol. The van der Waals surface area contributed by atoms with Gasteiger partial charge >= 0.3 is 0 Å². The number of nitrogens with zero attached hydrogens (tertiary/aromatic N) is 2. The van der Waals surface area contributed by atoms with E-state index in [1.54, 1.807) is 36.5 Å². The average molecular weight is 450 g/mol. The van der Waals surface area contributed by atoms with E-state index >= 15 is 0 Å². The summed E-state index contributed by atoms with van der Waals surface area (Å²) in [6, 6.07) is 12.1. The Kier molecular flexibility index (Phi) is 5.15. The predicted octanol–water partition coefficient (Wildman–Crippen LogP) is 2.37. The molecule has 1 aliphatic carbocycles. The van der Waals surface area contributed by atoms with Gasteiger partial charge in [0.15, 0.2) is 0 Å². The van der Waals surface area contributed by atoms with Gasteiger partial charge in [-0.3, -0.25) is 4.79 Å². The highest BCUT2D eigenvalue weighted by Gasteiger charge is 2.24. The topological polar surface area (TPSA) is 127 Å². The van der Waals surface area contributed by atoms with Crippen molar-refractivity contribution in [3.05, 3.63) is 59.8 Å². The molecule has 0 unspecified atom stereocenters. The van der Waals surface area contributed by atoms with Crippen molar-refractivity contribution in [3.63, 3.8) is 0 Å². The molecular formula is C23H23N5O3S. The molecule has 0 radical (unpaired) electrons. The van der Waals surface area contributed by atoms with Crippen LogP contribution in [0, 0.1) is 5.92 Å². The number of carbonyl (C=O) groups is 1. The second kappa shape index (κ2) is 7.99. The summed E-state index contributed by atoms with van der Waals surface area (Å²) in [5, 5.41) is 2.83. The van der Waals surface area contributed by atoms with Gasteiger partial charge in [-0.1, -0.05) is 18.2 Å². The summed E-state index contributed by atoms with van der Waals surface area (Å²) in [5.41, 5.74) is 10.3. The highest BCUT2D eigenvalue weighted by molar-refractivity contribution is 7.89. The van der Waals surface area contributed by atoms with Crippen LogP contribution in [0.1, 0.15) is 28.8 Å². The zero-order valence-corrected chi connectivity index (χ0v) is 18.2. The fourth-order valence-corrected chi connectivity index (χ4v) is 4.88. The Labute approximate surface area is 186 Å². The number of nitrogens with two attached hydrogens (primary N) is 1. The maximum Gasteiger partial charge on any atom is 0.251 e. The fraction of sp³-hybridized carbons (Fsp3) is 0.261. The lowest BCUT2D eigenvalue weighted by molar-refractivity contribution is 0.0946. The van der Waals surface area contributed by atoms with Crippen molar-refractivity contribution in [2.24, 2.45) is 5.92 Å². The molecule has 0 bridgehead atoms. The quantitative estimate of drug-likeness (QED) is 0.530. The summed E-state index contributed by atoms with van der Waals surface area (Å²) in [5.74, 6) is 0.676. The lowest BCUT2D eigenvalue weighted by atomic mass is 9.96. The van der Waals surface area contributed by atoms with Crippen molar-refractivity contribution < 1.29 is 13.2 Å². The number of sulfonamides is 1. The van der Waals surface area contributed by atoms with Gasteiger partial charge < -0.3 is 11.1 Å². The van der Waals surface area contributed by atoms with Crippen LogP contribution in [0.4, 0.5) is 5.82 Å². The number of anilines is 1. The largest absolute Gasteiger partial charge is 0.382 e. The van der Waals surface area contributed by atoms with Gasteiger partial charge in [0.2, 0.25) is 10.0 Å². The monoisotopic (exact) mass is 449 g/mol. The Morgan fingerprint density at radius 3 is 2.59 bits per heavy atom. The number of carbonyl (C=O) groups excluding carboxylic acids is 1. The lowest BCUT2D eigenvalue weighted by Gasteiger charge is -2.17. The molecule has 8 nitrogen and oxygen atoms in total. The zero-order valence-electron chi connectivity index (χ0n) is 17.3. The highest BCUT2D eigenvalue weighted by atomic mass is 32.2. The van der Waals surface area contributed by atoms with Crippen LogP contribution in [-0.4, -0.2) is 37.4 Å². The minimum atomic E-state index is -3.52. The molecule has 32 heavy (non-hydrogen) atoms. The first-order chi connectivity index (χ1) is 15.4. The molecule has 1 amide bonds. The van der Waals surface area contributed by atoms with Gasteiger partial charge in [-0.25, -0.2) is 23.1 Å². The molecule has 1 aromatic heterocycles. The van der Waals surface area contributed by atoms with E-state index < -0.39 is 10.0 Å². The molecule has 0 saturated heterocycles. The number of nitrogens with one attached hydrogen (secondary N) is 2. The molecule has 1 saturated carbocycles. The van der Waals surface area contributed by atoms with Crippen molar-refractivity contribution >= 4 is 21.7 Å². The smallest absolute Gasteiger partial charge is 0.251 e. The number of amides is 1. The number of aromatic nitrogens is 2. The van der Waals surface area contributed by atoms with Crippen molar-refractivity contribution in [2.45, 2.75) is 24.2 Å². The van der Waals surface area contributed by atoms with E-state index in [1.807, 2.05) is 12.1 Å². The van der Waals surface area contributed by atoms with Crippen LogP contribution >= 0.6 is 0 Å². The fourth-order valence-electron chi connectivity index (χ4n) is 3.76. The molecule has 164 valence electrons. The average Bonchev–Trinajstić information content (AvgIpc) is 3.63. The molecule has 1 aliphatic heterocycles. The third-order valence-electron chi connectivity index (χ3n) is 5.82. The van der Waals surface area contributed by atoms with Gasteiger partial charge in [0, 0.05) is 29.8 Å². The van der Waals surface area contributed by atoms with E-state index in [1.165, 1.54) is 0 Å². The molecule has 2 aliphatic rings. The molecule has 2 heterocycles. The normalized spacial score (nSPS) is 15.8. The van der Waals surface area contributed by atoms with E-state index in [9.17, 15) is 13.2 Å². The summed E-state index contributed by atoms with van der Waals surface area (Å²) >= 11 is 0. The zero-order chi connectivity index (χ0) is 22.3. The Bertz CT molecular complexity index is 1300. The number of hydrogen-bond acceptors (Lipinski definition) is 6. The van der Waals surface area contributed by atoms with Crippen molar-refractivity contribution in [3.8, 4) is 22.5 Å². The minimum absolute atomic E-state index is 0.0766. The number of nitrogen functional groups attached to an aromatic ring is 1. The molecule has 2 aromatic carbocycles. The summed E-state index contributed by atoms with van der Waals surface area (Å²) in [6.07, 6.45) is 4.47. The molecule has 3 aromatic rings. The van der Waals surface area contributed by atoms with Crippen molar-refractivity contribution in [1.29, 1.82) is 0 Å². The van der Waals surface area contributed by atoms with Gasteiger partial charge in [0.05, 0.1) is 16.8 Å². The van der Waals surface area contributed by atoms with E-state index in [0.29, 0.717) is 36.0 Å². The second-order valence-electron chi connectivity index (χ2n) is 8.19. The Morgan fingerprint density at radius 1 is 1.09 bits per heavy atom. The second-order valence-corrected chi connectivity index (χ2v) is 9.95. The van der Waals surface area contributed by atoms with Crippen LogP contribution in [0.3, 0.4) is 0 Å². The summed E-state index contributed by atoms with van der Waals surface area (Å²) < 4.78 is 27.6. The standard InChI is InChI=1S/C23H23N5O3S/c24-22-21(17-5-8-19-16(11-17)9-10-25-23(19)29)28-20(13-26-22)15-3-6-18(7-4-15)32(30,31)27-12-14-1-2-14/h3-8,11,13-14,27H,1-2,9-10,12H2,(H2,24,26)(H,25,29). The SMILES string of the molecule is Nc1ncc(-c2ccc(S(=O)(=O)NCC3CC3)cc2)nc1-c1ccc2c(c1)CCNC2=O. The highest BCUT2D eigenvalue weighted by Crippen LogP contribution is 2.30. The molecular weight excluding hydrogens is 426 g/mol. The Hall–Kier alpha value is -3.30. The molecule has 4 N–H and O–H groups in total. The third-order valence-corrected chi connectivity index (χ3v) is 7.26. The Balaban J connectivity index is 1.43. The van der Waals surface area contributed by atoms with Gasteiger partial charge in [0.1, 0.15) is 11.5 Å². The van der Waals surface area contributed by atoms with Gasteiger partial charge in [-0.2, -0.15) is 0 Å². The minimum Gasteiger partial charge on any atom is -0.382 e. The van der Waals surface area contributed by atoms with Crippen LogP contribution in [0.2, 0.25) is 0 Å². The maximum atomic E-state index is 12.5. The molecule has 0 atom stereocenters. The lowest BCUT2D eigenvalue weighted by Crippen LogP contribution is -2.31. The maximum absolute atomic E-state index is 12.5. The number of rotatable bonds is 6. The van der Waals surface area contributed by atoms with Crippen LogP contribution < -0.4 is 15.8 Å².